The minimum Gasteiger partial charge on any atom is -0.388 e. The van der Waals surface area contributed by atoms with Gasteiger partial charge in [-0.3, -0.25) is 14.4 Å². The number of β-amino-alcohol motifs (C(OH)–C–C–N with tert-alkyl or cyclic N) is 1. The molecule has 0 saturated carbocycles. The van der Waals surface area contributed by atoms with Gasteiger partial charge in [0, 0.05) is 13.5 Å². The normalized spacial score (nSPS) is 24.8. The molecule has 1 unspecified atom stereocenters. The Hall–Kier alpha value is -1.67. The fourth-order valence-electron chi connectivity index (χ4n) is 2.17. The van der Waals surface area contributed by atoms with Crippen molar-refractivity contribution in [2.45, 2.75) is 44.9 Å². The molecule has 1 aliphatic heterocycles. The molecule has 0 spiro atoms. The monoisotopic (exact) mass is 301 g/mol. The van der Waals surface area contributed by atoms with Crippen molar-refractivity contribution < 1.29 is 24.6 Å². The van der Waals surface area contributed by atoms with Crippen molar-refractivity contribution in [3.63, 3.8) is 0 Å². The van der Waals surface area contributed by atoms with E-state index in [2.05, 4.69) is 10.6 Å². The Morgan fingerprint density at radius 1 is 1.24 bits per heavy atom. The van der Waals surface area contributed by atoms with E-state index in [1.165, 1.54) is 6.92 Å². The molecule has 3 amide bonds. The van der Waals surface area contributed by atoms with Gasteiger partial charge in [0.15, 0.2) is 0 Å². The van der Waals surface area contributed by atoms with E-state index in [9.17, 15) is 24.6 Å². The molecule has 0 radical (unpaired) electrons. The van der Waals surface area contributed by atoms with Gasteiger partial charge < -0.3 is 25.7 Å². The largest absolute Gasteiger partial charge is 0.388 e. The Labute approximate surface area is 123 Å². The van der Waals surface area contributed by atoms with Gasteiger partial charge in [-0.1, -0.05) is 13.3 Å². The average Bonchev–Trinajstić information content (AvgIpc) is 2.72. The average molecular weight is 301 g/mol. The lowest BCUT2D eigenvalue weighted by atomic mass is 10.1. The Morgan fingerprint density at radius 3 is 2.48 bits per heavy atom. The summed E-state index contributed by atoms with van der Waals surface area (Å²) < 4.78 is 0. The SMILES string of the molecule is CCCCNC(=O)C1[C@H](O)[C@@H](O)CN1C(=O)CNC(C)=O. The van der Waals surface area contributed by atoms with Crippen molar-refractivity contribution in [2.75, 3.05) is 19.6 Å². The summed E-state index contributed by atoms with van der Waals surface area (Å²) in [5.74, 6) is -1.38. The second kappa shape index (κ2) is 7.94. The molecule has 1 rings (SSSR count). The Kier molecular flexibility index (Phi) is 6.57. The molecule has 4 N–H and O–H groups in total. The van der Waals surface area contributed by atoms with E-state index in [-0.39, 0.29) is 19.0 Å². The maximum absolute atomic E-state index is 12.1. The predicted molar refractivity (Wildman–Crippen MR) is 74.1 cm³/mol. The highest BCUT2D eigenvalue weighted by molar-refractivity contribution is 5.91. The molecule has 0 aromatic rings. The predicted octanol–water partition coefficient (Wildman–Crippen LogP) is -2.03. The third kappa shape index (κ3) is 4.68. The number of rotatable bonds is 6. The molecule has 0 aliphatic carbocycles. The molecule has 1 aliphatic rings. The highest BCUT2D eigenvalue weighted by Crippen LogP contribution is 2.19. The zero-order chi connectivity index (χ0) is 16.0. The molecule has 0 bridgehead atoms. The molecule has 120 valence electrons. The van der Waals surface area contributed by atoms with Gasteiger partial charge in [0.25, 0.3) is 0 Å². The van der Waals surface area contributed by atoms with Crippen LogP contribution in [0.25, 0.3) is 0 Å². The summed E-state index contributed by atoms with van der Waals surface area (Å²) in [5.41, 5.74) is 0. The van der Waals surface area contributed by atoms with Gasteiger partial charge in [-0.15, -0.1) is 0 Å². The molecule has 3 atom stereocenters. The lowest BCUT2D eigenvalue weighted by molar-refractivity contribution is -0.140. The van der Waals surface area contributed by atoms with Crippen LogP contribution in [0, 0.1) is 0 Å². The fourth-order valence-corrected chi connectivity index (χ4v) is 2.17. The Morgan fingerprint density at radius 2 is 1.90 bits per heavy atom. The second-order valence-corrected chi connectivity index (χ2v) is 5.10. The summed E-state index contributed by atoms with van der Waals surface area (Å²) in [6, 6.07) is -1.13. The van der Waals surface area contributed by atoms with Crippen LogP contribution >= 0.6 is 0 Å². The van der Waals surface area contributed by atoms with E-state index in [1.54, 1.807) is 0 Å². The van der Waals surface area contributed by atoms with Gasteiger partial charge in [0.05, 0.1) is 19.2 Å². The first-order valence-electron chi connectivity index (χ1n) is 7.06. The van der Waals surface area contributed by atoms with Crippen LogP contribution < -0.4 is 10.6 Å². The van der Waals surface area contributed by atoms with Gasteiger partial charge >= 0.3 is 0 Å². The fraction of sp³-hybridized carbons (Fsp3) is 0.769. The number of nitrogens with one attached hydrogen (secondary N) is 2. The molecule has 21 heavy (non-hydrogen) atoms. The summed E-state index contributed by atoms with van der Waals surface area (Å²) in [4.78, 5) is 36.0. The van der Waals surface area contributed by atoms with E-state index in [4.69, 9.17) is 0 Å². The van der Waals surface area contributed by atoms with Crippen molar-refractivity contribution in [1.82, 2.24) is 15.5 Å². The van der Waals surface area contributed by atoms with Crippen molar-refractivity contribution >= 4 is 17.7 Å². The Bertz CT molecular complexity index is 401. The van der Waals surface area contributed by atoms with Crippen LogP contribution in [0.2, 0.25) is 0 Å². The third-order valence-corrected chi connectivity index (χ3v) is 3.34. The topological polar surface area (TPSA) is 119 Å². The number of unbranched alkanes of at least 4 members (excludes halogenated alkanes) is 1. The molecular formula is C13H23N3O5. The van der Waals surface area contributed by atoms with Gasteiger partial charge in [-0.2, -0.15) is 0 Å². The van der Waals surface area contributed by atoms with Gasteiger partial charge in [-0.25, -0.2) is 0 Å². The van der Waals surface area contributed by atoms with Crippen LogP contribution in [-0.4, -0.2) is 70.7 Å². The lowest BCUT2D eigenvalue weighted by Gasteiger charge is -2.25. The molecule has 1 saturated heterocycles. The van der Waals surface area contributed by atoms with Crippen molar-refractivity contribution in [3.8, 4) is 0 Å². The molecular weight excluding hydrogens is 278 g/mol. The first-order chi connectivity index (χ1) is 9.88. The molecule has 0 aromatic carbocycles. The maximum atomic E-state index is 12.1. The van der Waals surface area contributed by atoms with Gasteiger partial charge in [0.2, 0.25) is 17.7 Å². The van der Waals surface area contributed by atoms with Crippen LogP contribution in [-0.2, 0) is 14.4 Å². The number of aliphatic hydroxyl groups excluding tert-OH is 2. The third-order valence-electron chi connectivity index (χ3n) is 3.34. The molecule has 1 heterocycles. The summed E-state index contributed by atoms with van der Waals surface area (Å²) in [5, 5.41) is 24.5. The highest BCUT2D eigenvalue weighted by atomic mass is 16.3. The first-order valence-corrected chi connectivity index (χ1v) is 7.06. The van der Waals surface area contributed by atoms with Gasteiger partial charge in [0.1, 0.15) is 12.1 Å². The minimum atomic E-state index is -1.33. The minimum absolute atomic E-state index is 0.133. The summed E-state index contributed by atoms with van der Waals surface area (Å²) in [6.45, 7) is 3.29. The molecule has 8 heteroatoms. The van der Waals surface area contributed by atoms with E-state index in [0.717, 1.165) is 17.7 Å². The number of hydrogen-bond acceptors (Lipinski definition) is 5. The maximum Gasteiger partial charge on any atom is 0.245 e. The highest BCUT2D eigenvalue weighted by Gasteiger charge is 2.46. The zero-order valence-electron chi connectivity index (χ0n) is 12.3. The second-order valence-electron chi connectivity index (χ2n) is 5.10. The number of nitrogens with zero attached hydrogens (tertiary/aromatic N) is 1. The summed E-state index contributed by atoms with van der Waals surface area (Å²) in [6.07, 6.45) is -0.806. The number of carbonyl (C=O) groups is 3. The van der Waals surface area contributed by atoms with E-state index in [0.29, 0.717) is 6.54 Å². The Balaban J connectivity index is 2.69. The quantitative estimate of drug-likeness (QED) is 0.422. The smallest absolute Gasteiger partial charge is 0.245 e. The number of hydrogen-bond donors (Lipinski definition) is 4. The van der Waals surface area contributed by atoms with Crippen LogP contribution in [0.1, 0.15) is 26.7 Å². The summed E-state index contributed by atoms with van der Waals surface area (Å²) >= 11 is 0. The van der Waals surface area contributed by atoms with E-state index < -0.39 is 30.1 Å². The van der Waals surface area contributed by atoms with Gasteiger partial charge in [-0.05, 0) is 6.42 Å². The van der Waals surface area contributed by atoms with Crippen molar-refractivity contribution in [2.24, 2.45) is 0 Å². The van der Waals surface area contributed by atoms with Crippen LogP contribution in [0.4, 0.5) is 0 Å². The van der Waals surface area contributed by atoms with Crippen molar-refractivity contribution in [3.05, 3.63) is 0 Å². The summed E-state index contributed by atoms with van der Waals surface area (Å²) in [7, 11) is 0. The van der Waals surface area contributed by atoms with E-state index in [1.807, 2.05) is 6.92 Å². The number of carbonyl (C=O) groups excluding carboxylic acids is 3. The number of amides is 3. The number of aliphatic hydroxyl groups is 2. The molecule has 8 nitrogen and oxygen atoms in total. The zero-order valence-corrected chi connectivity index (χ0v) is 12.3. The van der Waals surface area contributed by atoms with Crippen LogP contribution in [0.15, 0.2) is 0 Å². The van der Waals surface area contributed by atoms with Crippen LogP contribution in [0.5, 0.6) is 0 Å². The number of likely N-dealkylation sites (tertiary alicyclic amines) is 1. The first kappa shape index (κ1) is 17.4. The molecule has 1 fully saturated rings. The van der Waals surface area contributed by atoms with Crippen LogP contribution in [0.3, 0.4) is 0 Å². The lowest BCUT2D eigenvalue weighted by Crippen LogP contribution is -2.52. The van der Waals surface area contributed by atoms with Crippen molar-refractivity contribution in [1.29, 1.82) is 0 Å². The van der Waals surface area contributed by atoms with E-state index >= 15 is 0 Å². The molecule has 0 aromatic heterocycles. The standard InChI is InChI=1S/C13H23N3O5/c1-3-4-5-14-13(21)11-12(20)9(18)7-16(11)10(19)6-15-8(2)17/h9,11-12,18,20H,3-7H2,1-2H3,(H,14,21)(H,15,17)/t9-,11?,12+/m0/s1.